The van der Waals surface area contributed by atoms with E-state index in [1.54, 1.807) is 18.7 Å². The lowest BCUT2D eigenvalue weighted by atomic mass is 10.3. The Balaban J connectivity index is 1.68. The van der Waals surface area contributed by atoms with Crippen LogP contribution in [0.15, 0.2) is 31.0 Å². The minimum Gasteiger partial charge on any atom is -0.349 e. The maximum atomic E-state index is 4.14. The lowest BCUT2D eigenvalue weighted by molar-refractivity contribution is 0.662. The summed E-state index contributed by atoms with van der Waals surface area (Å²) >= 11 is 0. The zero-order valence-corrected chi connectivity index (χ0v) is 8.35. The molecular weight excluding hydrogens is 190 g/mol. The quantitative estimate of drug-likeness (QED) is 0.696. The van der Waals surface area contributed by atoms with Crippen LogP contribution in [-0.2, 0) is 13.0 Å². The Morgan fingerprint density at radius 3 is 3.00 bits per heavy atom. The molecule has 0 saturated heterocycles. The van der Waals surface area contributed by atoms with E-state index in [2.05, 4.69) is 25.3 Å². The number of hydrogen-bond acceptors (Lipinski definition) is 4. The van der Waals surface area contributed by atoms with E-state index < -0.39 is 0 Å². The number of hydrogen-bond donors (Lipinski definition) is 2. The van der Waals surface area contributed by atoms with E-state index in [1.807, 2.05) is 12.3 Å². The molecule has 0 aliphatic carbocycles. The first-order valence-electron chi connectivity index (χ1n) is 4.89. The molecule has 15 heavy (non-hydrogen) atoms. The van der Waals surface area contributed by atoms with Crippen molar-refractivity contribution >= 4 is 0 Å². The summed E-state index contributed by atoms with van der Waals surface area (Å²) in [6.07, 6.45) is 7.80. The minimum absolute atomic E-state index is 0.767. The molecule has 0 aliphatic heterocycles. The van der Waals surface area contributed by atoms with Crippen LogP contribution in [0.1, 0.15) is 11.5 Å². The van der Waals surface area contributed by atoms with Gasteiger partial charge in [-0.1, -0.05) is 0 Å². The number of imidazole rings is 1. The van der Waals surface area contributed by atoms with Crippen molar-refractivity contribution in [3.8, 4) is 0 Å². The second-order valence-corrected chi connectivity index (χ2v) is 3.16. The first-order chi connectivity index (χ1) is 7.45. The Hall–Kier alpha value is -1.75. The normalized spacial score (nSPS) is 10.4. The fraction of sp³-hybridized carbons (Fsp3) is 0.300. The van der Waals surface area contributed by atoms with Crippen molar-refractivity contribution < 1.29 is 0 Å². The molecule has 0 amide bonds. The summed E-state index contributed by atoms with van der Waals surface area (Å²) < 4.78 is 0. The largest absolute Gasteiger partial charge is 0.349 e. The SMILES string of the molecule is c1cc(CNCCc2ncc[nH]2)ncn1. The molecule has 2 aromatic rings. The van der Waals surface area contributed by atoms with Crippen LogP contribution in [0.3, 0.4) is 0 Å². The van der Waals surface area contributed by atoms with E-state index in [9.17, 15) is 0 Å². The summed E-state index contributed by atoms with van der Waals surface area (Å²) in [6, 6.07) is 1.90. The summed E-state index contributed by atoms with van der Waals surface area (Å²) in [5.41, 5.74) is 1.00. The smallest absolute Gasteiger partial charge is 0.115 e. The van der Waals surface area contributed by atoms with Gasteiger partial charge < -0.3 is 10.3 Å². The molecule has 78 valence electrons. The number of rotatable bonds is 5. The van der Waals surface area contributed by atoms with Gasteiger partial charge in [-0.25, -0.2) is 15.0 Å². The van der Waals surface area contributed by atoms with Crippen molar-refractivity contribution in [2.45, 2.75) is 13.0 Å². The van der Waals surface area contributed by atoms with Crippen molar-refractivity contribution in [3.05, 3.63) is 42.5 Å². The van der Waals surface area contributed by atoms with Gasteiger partial charge in [-0.15, -0.1) is 0 Å². The predicted octanol–water partition coefficient (Wildman–Crippen LogP) is 0.532. The van der Waals surface area contributed by atoms with Crippen LogP contribution in [0.2, 0.25) is 0 Å². The molecule has 0 saturated carbocycles. The van der Waals surface area contributed by atoms with Gasteiger partial charge in [0.05, 0.1) is 5.69 Å². The maximum Gasteiger partial charge on any atom is 0.115 e. The molecule has 5 heteroatoms. The molecule has 0 atom stereocenters. The minimum atomic E-state index is 0.767. The van der Waals surface area contributed by atoms with Gasteiger partial charge in [-0.2, -0.15) is 0 Å². The first-order valence-corrected chi connectivity index (χ1v) is 4.89. The van der Waals surface area contributed by atoms with Gasteiger partial charge in [-0.05, 0) is 6.07 Å². The van der Waals surface area contributed by atoms with Crippen LogP contribution in [0.25, 0.3) is 0 Å². The molecule has 0 radical (unpaired) electrons. The third-order valence-electron chi connectivity index (χ3n) is 2.04. The van der Waals surface area contributed by atoms with Gasteiger partial charge in [0.25, 0.3) is 0 Å². The van der Waals surface area contributed by atoms with E-state index in [0.717, 1.165) is 31.0 Å². The molecular formula is C10H13N5. The van der Waals surface area contributed by atoms with Crippen molar-refractivity contribution in [2.24, 2.45) is 0 Å². The summed E-state index contributed by atoms with van der Waals surface area (Å²) in [4.78, 5) is 15.2. The van der Waals surface area contributed by atoms with E-state index in [4.69, 9.17) is 0 Å². The molecule has 0 aromatic carbocycles. The molecule has 0 unspecified atom stereocenters. The lowest BCUT2D eigenvalue weighted by Crippen LogP contribution is -2.17. The number of nitrogens with zero attached hydrogens (tertiary/aromatic N) is 3. The van der Waals surface area contributed by atoms with Gasteiger partial charge >= 0.3 is 0 Å². The van der Waals surface area contributed by atoms with E-state index in [0.29, 0.717) is 0 Å². The zero-order chi connectivity index (χ0) is 10.3. The third-order valence-corrected chi connectivity index (χ3v) is 2.04. The lowest BCUT2D eigenvalue weighted by Gasteiger charge is -2.01. The van der Waals surface area contributed by atoms with Crippen LogP contribution in [0.4, 0.5) is 0 Å². The van der Waals surface area contributed by atoms with E-state index in [1.165, 1.54) is 0 Å². The van der Waals surface area contributed by atoms with Crippen molar-refractivity contribution in [2.75, 3.05) is 6.54 Å². The summed E-state index contributed by atoms with van der Waals surface area (Å²) in [5.74, 6) is 1.00. The molecule has 0 spiro atoms. The van der Waals surface area contributed by atoms with Crippen molar-refractivity contribution in [3.63, 3.8) is 0 Å². The van der Waals surface area contributed by atoms with Crippen LogP contribution in [0.5, 0.6) is 0 Å². The Morgan fingerprint density at radius 1 is 1.27 bits per heavy atom. The summed E-state index contributed by atoms with van der Waals surface area (Å²) in [5, 5.41) is 3.29. The molecule has 2 N–H and O–H groups in total. The van der Waals surface area contributed by atoms with Gasteiger partial charge in [-0.3, -0.25) is 0 Å². The average molecular weight is 203 g/mol. The second kappa shape index (κ2) is 5.21. The number of nitrogens with one attached hydrogen (secondary N) is 2. The standard InChI is InChI=1S/C10H13N5/c1-3-12-8-15-9(1)7-11-4-2-10-13-5-6-14-10/h1,3,5-6,8,11H,2,4,7H2,(H,13,14). The van der Waals surface area contributed by atoms with Crippen LogP contribution in [-0.4, -0.2) is 26.5 Å². The number of aromatic amines is 1. The summed E-state index contributed by atoms with van der Waals surface area (Å²) in [6.45, 7) is 1.65. The second-order valence-electron chi connectivity index (χ2n) is 3.16. The topological polar surface area (TPSA) is 66.5 Å². The fourth-order valence-corrected chi connectivity index (χ4v) is 1.28. The molecule has 2 aromatic heterocycles. The molecule has 2 heterocycles. The van der Waals surface area contributed by atoms with E-state index >= 15 is 0 Å². The van der Waals surface area contributed by atoms with Crippen LogP contribution < -0.4 is 5.32 Å². The van der Waals surface area contributed by atoms with E-state index in [-0.39, 0.29) is 0 Å². The van der Waals surface area contributed by atoms with Crippen LogP contribution in [0, 0.1) is 0 Å². The van der Waals surface area contributed by atoms with Crippen molar-refractivity contribution in [1.82, 2.24) is 25.3 Å². The highest BCUT2D eigenvalue weighted by molar-refractivity contribution is 4.97. The third kappa shape index (κ3) is 3.14. The molecule has 0 bridgehead atoms. The van der Waals surface area contributed by atoms with Gasteiger partial charge in [0, 0.05) is 38.1 Å². The Bertz CT molecular complexity index is 370. The Morgan fingerprint density at radius 2 is 2.27 bits per heavy atom. The van der Waals surface area contributed by atoms with Crippen molar-refractivity contribution in [1.29, 1.82) is 0 Å². The van der Waals surface area contributed by atoms with Crippen LogP contribution >= 0.6 is 0 Å². The molecule has 0 fully saturated rings. The maximum absolute atomic E-state index is 4.14. The predicted molar refractivity (Wildman–Crippen MR) is 56.0 cm³/mol. The molecule has 5 nitrogen and oxygen atoms in total. The molecule has 0 aliphatic rings. The average Bonchev–Trinajstić information content (AvgIpc) is 2.79. The Labute approximate surface area is 88.0 Å². The highest BCUT2D eigenvalue weighted by Crippen LogP contribution is 1.91. The zero-order valence-electron chi connectivity index (χ0n) is 8.35. The monoisotopic (exact) mass is 203 g/mol. The number of H-pyrrole nitrogens is 1. The highest BCUT2D eigenvalue weighted by Gasteiger charge is 1.95. The van der Waals surface area contributed by atoms with Gasteiger partial charge in [0.15, 0.2) is 0 Å². The Kier molecular flexibility index (Phi) is 3.40. The first kappa shape index (κ1) is 9.79. The molecule has 2 rings (SSSR count). The fourth-order valence-electron chi connectivity index (χ4n) is 1.28. The van der Waals surface area contributed by atoms with Gasteiger partial charge in [0.2, 0.25) is 0 Å². The summed E-state index contributed by atoms with van der Waals surface area (Å²) in [7, 11) is 0. The highest BCUT2D eigenvalue weighted by atomic mass is 14.9. The van der Waals surface area contributed by atoms with Gasteiger partial charge in [0.1, 0.15) is 12.2 Å². The number of aromatic nitrogens is 4.